The van der Waals surface area contributed by atoms with Gasteiger partial charge in [0, 0.05) is 12.6 Å². The first-order valence-corrected chi connectivity index (χ1v) is 6.74. The molecule has 1 unspecified atom stereocenters. The molecule has 0 amide bonds. The Kier molecular flexibility index (Phi) is 3.63. The molecule has 1 atom stereocenters. The van der Waals surface area contributed by atoms with Gasteiger partial charge in [-0.25, -0.2) is 0 Å². The lowest BCUT2D eigenvalue weighted by molar-refractivity contribution is -0.137. The molecule has 1 aromatic carbocycles. The number of nitrogens with one attached hydrogen (secondary N) is 1. The second kappa shape index (κ2) is 5.49. The van der Waals surface area contributed by atoms with Gasteiger partial charge in [-0.15, -0.1) is 0 Å². The van der Waals surface area contributed by atoms with Crippen LogP contribution in [0.5, 0.6) is 0 Å². The van der Waals surface area contributed by atoms with E-state index < -0.39 is 23.6 Å². The van der Waals surface area contributed by atoms with Gasteiger partial charge in [0.25, 0.3) is 0 Å². The summed E-state index contributed by atoms with van der Waals surface area (Å²) in [4.78, 5) is 12.6. The van der Waals surface area contributed by atoms with Crippen molar-refractivity contribution >= 4 is 11.4 Å². The Labute approximate surface area is 129 Å². The molecular formula is C16H12F3NO3. The van der Waals surface area contributed by atoms with E-state index in [1.54, 1.807) is 6.07 Å². The first-order chi connectivity index (χ1) is 10.9. The van der Waals surface area contributed by atoms with Gasteiger partial charge in [0.05, 0.1) is 23.7 Å². The molecule has 23 heavy (non-hydrogen) atoms. The van der Waals surface area contributed by atoms with Crippen LogP contribution in [0.25, 0.3) is 5.57 Å². The maximum absolute atomic E-state index is 12.9. The summed E-state index contributed by atoms with van der Waals surface area (Å²) >= 11 is 0. The molecule has 0 aliphatic carbocycles. The second-order valence-corrected chi connectivity index (χ2v) is 4.95. The van der Waals surface area contributed by atoms with E-state index in [0.29, 0.717) is 5.56 Å². The number of furan rings is 1. The van der Waals surface area contributed by atoms with E-state index >= 15 is 0 Å². The van der Waals surface area contributed by atoms with Crippen molar-refractivity contribution in [3.63, 3.8) is 0 Å². The van der Waals surface area contributed by atoms with E-state index in [-0.39, 0.29) is 17.0 Å². The van der Waals surface area contributed by atoms with Crippen molar-refractivity contribution in [2.45, 2.75) is 12.3 Å². The van der Waals surface area contributed by atoms with E-state index in [1.165, 1.54) is 31.7 Å². The van der Waals surface area contributed by atoms with Crippen LogP contribution in [0.1, 0.15) is 22.8 Å². The van der Waals surface area contributed by atoms with Gasteiger partial charge >= 0.3 is 6.18 Å². The Hall–Kier alpha value is -2.70. The Morgan fingerprint density at radius 2 is 2.00 bits per heavy atom. The van der Waals surface area contributed by atoms with Gasteiger partial charge in [0.2, 0.25) is 5.78 Å². The van der Waals surface area contributed by atoms with Gasteiger partial charge < -0.3 is 14.5 Å². The minimum absolute atomic E-state index is 0.0878. The average molecular weight is 323 g/mol. The number of carbonyl (C=O) groups is 1. The molecule has 0 saturated carbocycles. The molecule has 1 aliphatic rings. The predicted molar refractivity (Wildman–Crippen MR) is 75.0 cm³/mol. The number of Topliss-reactive ketones (excluding diaryl/α,β-unsaturated/α-hetero) is 1. The summed E-state index contributed by atoms with van der Waals surface area (Å²) in [7, 11) is 1.54. The van der Waals surface area contributed by atoms with E-state index in [4.69, 9.17) is 9.15 Å². The normalized spacial score (nSPS) is 18.3. The summed E-state index contributed by atoms with van der Waals surface area (Å²) in [5.74, 6) is -0.282. The number of benzene rings is 1. The molecule has 4 nitrogen and oxygen atoms in total. The first kappa shape index (κ1) is 15.2. The van der Waals surface area contributed by atoms with Crippen LogP contribution in [0.4, 0.5) is 13.2 Å². The molecule has 0 bridgehead atoms. The summed E-state index contributed by atoms with van der Waals surface area (Å²) in [5.41, 5.74) is -0.0767. The van der Waals surface area contributed by atoms with Crippen LogP contribution in [0.2, 0.25) is 0 Å². The summed E-state index contributed by atoms with van der Waals surface area (Å²) in [5, 5.41) is 2.72. The van der Waals surface area contributed by atoms with E-state index in [9.17, 15) is 18.0 Å². The van der Waals surface area contributed by atoms with Crippen LogP contribution in [0, 0.1) is 0 Å². The number of rotatable bonds is 3. The van der Waals surface area contributed by atoms with Gasteiger partial charge in [0.15, 0.2) is 12.0 Å². The molecular weight excluding hydrogens is 311 g/mol. The Bertz CT molecular complexity index is 763. The fraction of sp³-hybridized carbons (Fsp3) is 0.188. The van der Waals surface area contributed by atoms with Crippen molar-refractivity contribution in [2.24, 2.45) is 0 Å². The maximum atomic E-state index is 12.9. The Morgan fingerprint density at radius 1 is 1.22 bits per heavy atom. The van der Waals surface area contributed by atoms with Crippen molar-refractivity contribution in [3.8, 4) is 0 Å². The maximum Gasteiger partial charge on any atom is 0.416 e. The van der Waals surface area contributed by atoms with Gasteiger partial charge in [0.1, 0.15) is 0 Å². The largest absolute Gasteiger partial charge is 0.472 e. The third kappa shape index (κ3) is 2.69. The van der Waals surface area contributed by atoms with Crippen LogP contribution in [-0.4, -0.2) is 12.8 Å². The van der Waals surface area contributed by atoms with Gasteiger partial charge in [-0.2, -0.15) is 13.2 Å². The minimum Gasteiger partial charge on any atom is -0.472 e. The van der Waals surface area contributed by atoms with Crippen LogP contribution in [-0.2, 0) is 15.7 Å². The molecule has 0 fully saturated rings. The standard InChI is InChI=1S/C16H12F3NO3/c1-20-15-12(9-3-2-4-11(7-9)16(17,18)19)13(21)14(23-15)10-5-6-22-8-10/h2-8,14,20H,1H3. The van der Waals surface area contributed by atoms with Crippen molar-refractivity contribution in [1.29, 1.82) is 0 Å². The summed E-state index contributed by atoms with van der Waals surface area (Å²) in [6.45, 7) is 0. The van der Waals surface area contributed by atoms with Gasteiger partial charge in [-0.3, -0.25) is 4.79 Å². The van der Waals surface area contributed by atoms with Crippen LogP contribution in [0.15, 0.2) is 53.2 Å². The fourth-order valence-corrected chi connectivity index (χ4v) is 2.43. The SMILES string of the molecule is CNC1=C(c2cccc(C(F)(F)F)c2)C(=O)C(c2ccoc2)O1. The summed E-state index contributed by atoms with van der Waals surface area (Å²) in [6, 6.07) is 6.17. The number of ketones is 1. The number of hydrogen-bond donors (Lipinski definition) is 1. The highest BCUT2D eigenvalue weighted by Crippen LogP contribution is 2.38. The number of halogens is 3. The topological polar surface area (TPSA) is 51.5 Å². The molecule has 0 radical (unpaired) electrons. The van der Waals surface area contributed by atoms with Crippen LogP contribution < -0.4 is 5.32 Å². The summed E-state index contributed by atoms with van der Waals surface area (Å²) < 4.78 is 49.1. The summed E-state index contributed by atoms with van der Waals surface area (Å²) in [6.07, 6.45) is -2.65. The highest BCUT2D eigenvalue weighted by molar-refractivity contribution is 6.25. The molecule has 0 spiro atoms. The molecule has 3 rings (SSSR count). The average Bonchev–Trinajstić information content (AvgIpc) is 3.13. The monoisotopic (exact) mass is 323 g/mol. The quantitative estimate of drug-likeness (QED) is 0.939. The molecule has 120 valence electrons. The lowest BCUT2D eigenvalue weighted by Gasteiger charge is -2.09. The van der Waals surface area contributed by atoms with E-state index in [0.717, 1.165) is 12.1 Å². The highest BCUT2D eigenvalue weighted by atomic mass is 19.4. The van der Waals surface area contributed by atoms with Crippen molar-refractivity contribution in [1.82, 2.24) is 5.32 Å². The smallest absolute Gasteiger partial charge is 0.416 e. The minimum atomic E-state index is -4.48. The third-order valence-electron chi connectivity index (χ3n) is 3.50. The molecule has 0 saturated heterocycles. The second-order valence-electron chi connectivity index (χ2n) is 4.95. The number of hydrogen-bond acceptors (Lipinski definition) is 4. The molecule has 7 heteroatoms. The first-order valence-electron chi connectivity index (χ1n) is 6.74. The van der Waals surface area contributed by atoms with Gasteiger partial charge in [-0.05, 0) is 23.8 Å². The zero-order chi connectivity index (χ0) is 16.6. The third-order valence-corrected chi connectivity index (χ3v) is 3.50. The van der Waals surface area contributed by atoms with E-state index in [1.807, 2.05) is 0 Å². The molecule has 1 N–H and O–H groups in total. The van der Waals surface area contributed by atoms with Crippen molar-refractivity contribution in [2.75, 3.05) is 7.05 Å². The Balaban J connectivity index is 2.02. The molecule has 2 heterocycles. The number of carbonyl (C=O) groups excluding carboxylic acids is 1. The van der Waals surface area contributed by atoms with Crippen LogP contribution in [0.3, 0.4) is 0 Å². The zero-order valence-electron chi connectivity index (χ0n) is 12.0. The molecule has 1 aromatic heterocycles. The number of alkyl halides is 3. The molecule has 2 aromatic rings. The number of ether oxygens (including phenoxy) is 1. The lowest BCUT2D eigenvalue weighted by Crippen LogP contribution is -2.10. The zero-order valence-corrected chi connectivity index (χ0v) is 12.0. The van der Waals surface area contributed by atoms with Gasteiger partial charge in [-0.1, -0.05) is 12.1 Å². The van der Waals surface area contributed by atoms with Crippen molar-refractivity contribution < 1.29 is 27.1 Å². The molecule has 1 aliphatic heterocycles. The lowest BCUT2D eigenvalue weighted by atomic mass is 9.97. The highest BCUT2D eigenvalue weighted by Gasteiger charge is 2.38. The predicted octanol–water partition coefficient (Wildman–Crippen LogP) is 3.53. The van der Waals surface area contributed by atoms with Crippen molar-refractivity contribution in [3.05, 3.63) is 65.4 Å². The van der Waals surface area contributed by atoms with Crippen LogP contribution >= 0.6 is 0 Å². The van der Waals surface area contributed by atoms with E-state index in [2.05, 4.69) is 5.32 Å². The fourth-order valence-electron chi connectivity index (χ4n) is 2.43. The Morgan fingerprint density at radius 3 is 2.61 bits per heavy atom.